The molecule has 0 saturated carbocycles. The van der Waals surface area contributed by atoms with Gasteiger partial charge in [-0.2, -0.15) is 89.9 Å². The third-order valence-electron chi connectivity index (χ3n) is 14.7. The second kappa shape index (κ2) is 32.9. The van der Waals surface area contributed by atoms with Crippen LogP contribution in [0.3, 0.4) is 0 Å². The third kappa shape index (κ3) is 25.1. The summed E-state index contributed by atoms with van der Waals surface area (Å²) < 4.78 is 396. The van der Waals surface area contributed by atoms with Crippen molar-refractivity contribution in [3.05, 3.63) is 0 Å². The van der Waals surface area contributed by atoms with Crippen LogP contribution in [-0.4, -0.2) is 356 Å². The van der Waals surface area contributed by atoms with E-state index in [-0.39, 0.29) is 0 Å². The molecule has 15 unspecified atom stereocenters. The Kier molecular flexibility index (Phi) is 28.6. The standard InChI is InChI=1S/C37H67N3O51S9/c1-8-25(22(45)28(11(4)78-8)89-98(66,67)68)84-34-16(39-93(51,52)53)20(43)29(13(82-34)6-76-96(60,61)62)87-37-32(91-100(72,73)74)24(47)27(10(3)80-37)86-35-17(40-94(54,55)56)21(44)30(14(83-35)7-77-97(63,64)65)88-36-31(90-99(69,70)71)23(46)26(9(2)79-36)85-33-15(38-92(48,49)50)19(42)18(41)12(81-33)5-75-95(57,58)59/h8-47H,5-7H2,1-4H3,(H,48,49,50)(H,51,52,53)(H,54,55,56)(H,57,58,59)(H,60,61,62)(H,63,64,65)(H,66,67,68)(H,69,70,71)(H,72,73,74)/t8?,9?,10?,11-,12?,13?,14?,15?,16?,17?,18+,19+,20+,21+,22+,23+,24+,25?,26?,27?,28?,29+,30+,31?,32?,33-,34-,35-,36+,37+/m0/s1. The van der Waals surface area contributed by atoms with Gasteiger partial charge < -0.3 is 87.9 Å². The fraction of sp³-hybridized carbons (Fsp3) is 1.00. The van der Waals surface area contributed by atoms with E-state index >= 15 is 0 Å². The minimum atomic E-state index is -6.05. The summed E-state index contributed by atoms with van der Waals surface area (Å²) in [5.41, 5.74) is 0. The Morgan fingerprint density at radius 1 is 0.270 bits per heavy atom. The molecule has 0 radical (unpaired) electrons. The monoisotopic (exact) mass is 1660 g/mol. The maximum Gasteiger partial charge on any atom is 0.397 e. The van der Waals surface area contributed by atoms with Gasteiger partial charge in [0.2, 0.25) is 0 Å². The Morgan fingerprint density at radius 2 is 0.520 bits per heavy atom. The van der Waals surface area contributed by atoms with E-state index in [1.165, 1.54) is 14.2 Å². The number of aliphatic hydroxyl groups excluding tert-OH is 7. The van der Waals surface area contributed by atoms with Gasteiger partial charge in [-0.1, -0.05) is 0 Å². The molecule has 19 N–H and O–H groups in total. The van der Waals surface area contributed by atoms with Crippen LogP contribution >= 0.6 is 0 Å². The van der Waals surface area contributed by atoms with Crippen molar-refractivity contribution in [2.45, 2.75) is 212 Å². The van der Waals surface area contributed by atoms with Gasteiger partial charge in [0.25, 0.3) is 0 Å². The zero-order chi connectivity index (χ0) is 76.1. The van der Waals surface area contributed by atoms with Gasteiger partial charge in [-0.15, -0.1) is 0 Å². The normalized spacial score (nSPS) is 41.2. The lowest BCUT2D eigenvalue weighted by molar-refractivity contribution is -0.376. The first-order valence-electron chi connectivity index (χ1n) is 27.2. The molecule has 0 aromatic heterocycles. The molecule has 0 aliphatic carbocycles. The van der Waals surface area contributed by atoms with Crippen LogP contribution in [0.25, 0.3) is 0 Å². The second-order valence-electron chi connectivity index (χ2n) is 22.0. The number of nitrogens with one attached hydrogen (secondary N) is 3. The molecule has 6 aliphatic rings. The van der Waals surface area contributed by atoms with Crippen LogP contribution < -0.4 is 14.2 Å². The van der Waals surface area contributed by atoms with E-state index in [9.17, 15) is 148 Å². The number of hydrogen-bond acceptors (Lipinski definition) is 42. The van der Waals surface area contributed by atoms with Gasteiger partial charge in [-0.3, -0.25) is 41.0 Å². The third-order valence-corrected chi connectivity index (χ3v) is 19.1. The van der Waals surface area contributed by atoms with E-state index in [1.54, 1.807) is 0 Å². The Balaban J connectivity index is 1.34. The zero-order valence-electron chi connectivity index (χ0n) is 50.1. The van der Waals surface area contributed by atoms with Gasteiger partial charge in [0.15, 0.2) is 43.7 Å². The Morgan fingerprint density at radius 3 is 0.820 bits per heavy atom. The summed E-state index contributed by atoms with van der Waals surface area (Å²) in [6.07, 6.45) is -66.6. The van der Waals surface area contributed by atoms with Crippen molar-refractivity contribution < 1.29 is 230 Å². The van der Waals surface area contributed by atoms with Crippen molar-refractivity contribution in [1.82, 2.24) is 14.2 Å². The van der Waals surface area contributed by atoms with Crippen molar-refractivity contribution in [2.24, 2.45) is 0 Å². The van der Waals surface area contributed by atoms with Crippen LogP contribution in [0, 0.1) is 0 Å². The van der Waals surface area contributed by atoms with Crippen LogP contribution in [0.1, 0.15) is 27.7 Å². The molecule has 0 bridgehead atoms. The maximum atomic E-state index is 12.6. The highest BCUT2D eigenvalue weighted by Gasteiger charge is 2.60. The first-order valence-corrected chi connectivity index (χ1v) is 39.7. The summed E-state index contributed by atoms with van der Waals surface area (Å²) in [7, 11) is -51.3. The van der Waals surface area contributed by atoms with Crippen LogP contribution in [0.2, 0.25) is 0 Å². The lowest BCUT2D eigenvalue weighted by atomic mass is 9.94. The summed E-state index contributed by atoms with van der Waals surface area (Å²) in [4.78, 5) is 0. The molecule has 0 aromatic carbocycles. The van der Waals surface area contributed by atoms with Crippen LogP contribution in [0.4, 0.5) is 0 Å². The van der Waals surface area contributed by atoms with Gasteiger partial charge in [0, 0.05) is 0 Å². The van der Waals surface area contributed by atoms with Gasteiger partial charge in [-0.25, -0.2) is 25.1 Å². The van der Waals surface area contributed by atoms with Crippen molar-refractivity contribution in [1.29, 1.82) is 0 Å². The number of ether oxygens (including phenoxy) is 11. The molecule has 0 aromatic rings. The molecule has 6 saturated heterocycles. The predicted octanol–water partition coefficient (Wildman–Crippen LogP) is -12.8. The van der Waals surface area contributed by atoms with Crippen molar-refractivity contribution in [3.8, 4) is 0 Å². The average molecular weight is 1660 g/mol. The van der Waals surface area contributed by atoms with Crippen LogP contribution in [0.5, 0.6) is 0 Å². The van der Waals surface area contributed by atoms with E-state index < -0.39 is 297 Å². The molecule has 6 aliphatic heterocycles. The predicted molar refractivity (Wildman–Crippen MR) is 298 cm³/mol. The minimum Gasteiger partial charge on any atom is -0.388 e. The summed E-state index contributed by atoms with van der Waals surface area (Å²) in [6.45, 7) is -0.904. The molecule has 590 valence electrons. The van der Waals surface area contributed by atoms with E-state index in [1.807, 2.05) is 0 Å². The number of hydrogen-bond donors (Lipinski definition) is 19. The Bertz CT molecular complexity index is 3850. The Hall–Kier alpha value is -1.89. The highest BCUT2D eigenvalue weighted by molar-refractivity contribution is 7.84. The summed E-state index contributed by atoms with van der Waals surface area (Å²) >= 11 is 0. The molecule has 0 spiro atoms. The number of aliphatic hydroxyl groups is 7. The highest BCUT2D eigenvalue weighted by atomic mass is 32.3. The lowest BCUT2D eigenvalue weighted by Gasteiger charge is -2.51. The van der Waals surface area contributed by atoms with E-state index in [4.69, 9.17) is 56.7 Å². The van der Waals surface area contributed by atoms with Gasteiger partial charge in [0.05, 0.1) is 44.2 Å². The van der Waals surface area contributed by atoms with Gasteiger partial charge in [0.1, 0.15) is 116 Å². The zero-order valence-corrected chi connectivity index (χ0v) is 57.4. The van der Waals surface area contributed by atoms with Crippen molar-refractivity contribution in [2.75, 3.05) is 19.8 Å². The molecule has 54 nitrogen and oxygen atoms in total. The van der Waals surface area contributed by atoms with Crippen LogP contribution in [-0.2, 0) is 171 Å². The first-order chi connectivity index (χ1) is 45.2. The Labute approximate surface area is 565 Å². The molecular formula is C37H67N3O51S9. The SMILES string of the molecule is CC1O[C@H](O[C@@H]2C(COS(=O)(=O)O)O[C@@H](OC3C(C)O[C@H](O[C@@H]4C(COS(=O)(=O)O)O[C@@H](OC5C(C)O[C@@H](C)C(OS(=O)(=O)O)[C@@H]5O)C(NS(=O)(=O)O)[C@H]4O)C(OS(=O)(=O)O)[C@@H]3O)C(NS(=O)(=O)O)[C@H]2O)C(OS(=O)(=O)O)[C@H](O)C1O[C@@H]1OC(COS(=O)(=O)O)[C@@H](O)[C@H](O)C1NS(=O)(=O)O. The average Bonchev–Trinajstić information content (AvgIpc) is 0.767. The molecule has 100 heavy (non-hydrogen) atoms. The second-order valence-corrected chi connectivity index (χ2v) is 32.0. The molecule has 30 atom stereocenters. The summed E-state index contributed by atoms with van der Waals surface area (Å²) in [6, 6.07) is -7.84. The van der Waals surface area contributed by atoms with E-state index in [0.29, 0.717) is 0 Å². The smallest absolute Gasteiger partial charge is 0.388 e. The van der Waals surface area contributed by atoms with Crippen molar-refractivity contribution in [3.63, 3.8) is 0 Å². The fourth-order valence-corrected chi connectivity index (χ4v) is 15.0. The molecule has 63 heteroatoms. The quantitative estimate of drug-likeness (QED) is 0.0287. The minimum absolute atomic E-state index is 0.800. The topological polar surface area (TPSA) is 824 Å². The van der Waals surface area contributed by atoms with E-state index in [2.05, 4.69) is 25.1 Å². The number of rotatable bonds is 31. The molecular weight excluding hydrogens is 1590 g/mol. The lowest BCUT2D eigenvalue weighted by Crippen LogP contribution is -2.70. The van der Waals surface area contributed by atoms with Gasteiger partial charge >= 0.3 is 93.3 Å². The molecule has 0 amide bonds. The maximum absolute atomic E-state index is 12.6. The fourth-order valence-electron chi connectivity index (χ4n) is 10.8. The summed E-state index contributed by atoms with van der Waals surface area (Å²) in [5, 5.41) is 80.1. The molecule has 6 heterocycles. The van der Waals surface area contributed by atoms with Crippen LogP contribution in [0.15, 0.2) is 0 Å². The van der Waals surface area contributed by atoms with Gasteiger partial charge in [-0.05, 0) is 27.7 Å². The molecule has 6 fully saturated rings. The summed E-state index contributed by atoms with van der Waals surface area (Å²) in [5.74, 6) is 0. The van der Waals surface area contributed by atoms with Crippen molar-refractivity contribution >= 4 is 93.3 Å². The first kappa shape index (κ1) is 87.0. The molecule has 6 rings (SSSR count). The largest absolute Gasteiger partial charge is 0.397 e. The van der Waals surface area contributed by atoms with E-state index in [0.717, 1.165) is 27.7 Å². The highest BCUT2D eigenvalue weighted by Crippen LogP contribution is 2.39.